The summed E-state index contributed by atoms with van der Waals surface area (Å²) in [6, 6.07) is 7.69. The number of hydrogen-bond acceptors (Lipinski definition) is 5. The topological polar surface area (TPSA) is 110 Å². The molecule has 1 aliphatic heterocycles. The lowest BCUT2D eigenvalue weighted by atomic mass is 10.1. The van der Waals surface area contributed by atoms with Crippen molar-refractivity contribution in [2.75, 3.05) is 11.9 Å². The van der Waals surface area contributed by atoms with E-state index in [1.807, 2.05) is 0 Å². The van der Waals surface area contributed by atoms with Gasteiger partial charge in [0.15, 0.2) is 0 Å². The number of fused-ring (bicyclic) bond motifs is 1. The first-order valence-corrected chi connectivity index (χ1v) is 7.99. The molecule has 2 aromatic carbocycles. The third-order valence-electron chi connectivity index (χ3n) is 4.20. The number of nitro benzene ring substituents is 1. The molecule has 3 rings (SSSR count). The van der Waals surface area contributed by atoms with Gasteiger partial charge in [-0.1, -0.05) is 6.07 Å². The van der Waals surface area contributed by atoms with Crippen molar-refractivity contribution in [1.82, 2.24) is 4.90 Å². The molecule has 1 N–H and O–H groups in total. The fourth-order valence-corrected chi connectivity index (χ4v) is 2.86. The lowest BCUT2D eigenvalue weighted by Gasteiger charge is -2.14. The van der Waals surface area contributed by atoms with Crippen molar-refractivity contribution in [2.24, 2.45) is 0 Å². The van der Waals surface area contributed by atoms with Gasteiger partial charge >= 0.3 is 0 Å². The summed E-state index contributed by atoms with van der Waals surface area (Å²) in [7, 11) is 0. The molecule has 8 nitrogen and oxygen atoms in total. The molecule has 0 bridgehead atoms. The largest absolute Gasteiger partial charge is 0.326 e. The zero-order valence-electron chi connectivity index (χ0n) is 14.2. The van der Waals surface area contributed by atoms with Crippen molar-refractivity contribution in [2.45, 2.75) is 13.3 Å². The molecule has 27 heavy (non-hydrogen) atoms. The van der Waals surface area contributed by atoms with Gasteiger partial charge in [-0.2, -0.15) is 0 Å². The summed E-state index contributed by atoms with van der Waals surface area (Å²) in [6.07, 6.45) is -0.198. The molecule has 0 radical (unpaired) electrons. The molecule has 0 spiro atoms. The second kappa shape index (κ2) is 6.94. The van der Waals surface area contributed by atoms with Gasteiger partial charge in [-0.05, 0) is 36.8 Å². The number of amides is 3. The van der Waals surface area contributed by atoms with Crippen molar-refractivity contribution in [3.05, 3.63) is 69.0 Å². The maximum absolute atomic E-state index is 13.1. The highest BCUT2D eigenvalue weighted by Gasteiger charge is 2.40. The first-order chi connectivity index (χ1) is 12.8. The third-order valence-corrected chi connectivity index (χ3v) is 4.20. The first-order valence-electron chi connectivity index (χ1n) is 7.99. The summed E-state index contributed by atoms with van der Waals surface area (Å²) in [5.41, 5.74) is 0.185. The number of nitro groups is 1. The van der Waals surface area contributed by atoms with Crippen LogP contribution in [0, 0.1) is 22.9 Å². The Hall–Kier alpha value is -3.62. The van der Waals surface area contributed by atoms with Crippen LogP contribution in [0.15, 0.2) is 36.4 Å². The molecule has 1 aliphatic rings. The second-order valence-corrected chi connectivity index (χ2v) is 5.98. The summed E-state index contributed by atoms with van der Waals surface area (Å²) in [5.74, 6) is -2.38. The Morgan fingerprint density at radius 2 is 1.96 bits per heavy atom. The van der Waals surface area contributed by atoms with Crippen LogP contribution in [0.4, 0.5) is 15.8 Å². The Bertz CT molecular complexity index is 989. The minimum absolute atomic E-state index is 0.0519. The summed E-state index contributed by atoms with van der Waals surface area (Å²) in [6.45, 7) is 1.40. The zero-order valence-corrected chi connectivity index (χ0v) is 14.2. The molecule has 0 saturated carbocycles. The zero-order chi connectivity index (χ0) is 19.7. The molecule has 2 aromatic rings. The van der Waals surface area contributed by atoms with E-state index in [1.54, 1.807) is 6.92 Å². The third kappa shape index (κ3) is 3.39. The van der Waals surface area contributed by atoms with Crippen LogP contribution in [0.2, 0.25) is 0 Å². The van der Waals surface area contributed by atoms with Crippen LogP contribution in [0.3, 0.4) is 0 Å². The van der Waals surface area contributed by atoms with Crippen molar-refractivity contribution < 1.29 is 23.7 Å². The number of anilines is 1. The van der Waals surface area contributed by atoms with Gasteiger partial charge < -0.3 is 5.32 Å². The van der Waals surface area contributed by atoms with Crippen molar-refractivity contribution in [3.8, 4) is 0 Å². The predicted octanol–water partition coefficient (Wildman–Crippen LogP) is 2.67. The van der Waals surface area contributed by atoms with Gasteiger partial charge in [-0.15, -0.1) is 0 Å². The molecule has 0 unspecified atom stereocenters. The van der Waals surface area contributed by atoms with Gasteiger partial charge in [0.05, 0.1) is 10.5 Å². The van der Waals surface area contributed by atoms with Crippen LogP contribution >= 0.6 is 0 Å². The average Bonchev–Trinajstić information content (AvgIpc) is 2.86. The first kappa shape index (κ1) is 18.2. The van der Waals surface area contributed by atoms with Crippen molar-refractivity contribution >= 4 is 29.1 Å². The van der Waals surface area contributed by atoms with E-state index in [-0.39, 0.29) is 24.1 Å². The minimum Gasteiger partial charge on any atom is -0.326 e. The van der Waals surface area contributed by atoms with E-state index in [1.165, 1.54) is 30.3 Å². The van der Waals surface area contributed by atoms with E-state index < -0.39 is 34.1 Å². The van der Waals surface area contributed by atoms with E-state index in [4.69, 9.17) is 0 Å². The van der Waals surface area contributed by atoms with Crippen LogP contribution in [0.5, 0.6) is 0 Å². The van der Waals surface area contributed by atoms with Crippen LogP contribution in [0.1, 0.15) is 32.7 Å². The smallest absolute Gasteiger partial charge is 0.282 e. The lowest BCUT2D eigenvalue weighted by Crippen LogP contribution is -2.33. The van der Waals surface area contributed by atoms with Gasteiger partial charge in [-0.3, -0.25) is 29.4 Å². The van der Waals surface area contributed by atoms with Crippen LogP contribution < -0.4 is 5.32 Å². The van der Waals surface area contributed by atoms with Gasteiger partial charge in [-0.25, -0.2) is 4.39 Å². The Labute approximate surface area is 152 Å². The number of benzene rings is 2. The number of nitrogens with zero attached hydrogens (tertiary/aromatic N) is 2. The summed E-state index contributed by atoms with van der Waals surface area (Å²) >= 11 is 0. The molecular weight excluding hydrogens is 357 g/mol. The lowest BCUT2D eigenvalue weighted by molar-refractivity contribution is -0.385. The summed E-state index contributed by atoms with van der Waals surface area (Å²) < 4.78 is 13.1. The van der Waals surface area contributed by atoms with Crippen LogP contribution in [0.25, 0.3) is 0 Å². The van der Waals surface area contributed by atoms with Gasteiger partial charge in [0.2, 0.25) is 5.91 Å². The van der Waals surface area contributed by atoms with Gasteiger partial charge in [0.1, 0.15) is 11.4 Å². The number of carbonyl (C=O) groups excluding carboxylic acids is 3. The molecule has 9 heteroatoms. The van der Waals surface area contributed by atoms with Crippen LogP contribution in [-0.2, 0) is 4.79 Å². The Balaban J connectivity index is 1.71. The number of aryl methyl sites for hydroxylation is 1. The SMILES string of the molecule is Cc1cc(F)ccc1NC(=O)CCN1C(=O)c2cccc([N+](=O)[O-])c2C1=O. The molecule has 138 valence electrons. The highest BCUT2D eigenvalue weighted by atomic mass is 19.1. The number of halogens is 1. The minimum atomic E-state index is -0.798. The van der Waals surface area contributed by atoms with Gasteiger partial charge in [0, 0.05) is 24.7 Å². The molecule has 1 heterocycles. The Morgan fingerprint density at radius 3 is 2.63 bits per heavy atom. The average molecular weight is 371 g/mol. The van der Waals surface area contributed by atoms with Crippen LogP contribution in [-0.4, -0.2) is 34.1 Å². The molecule has 0 saturated heterocycles. The Kier molecular flexibility index (Phi) is 4.68. The summed E-state index contributed by atoms with van der Waals surface area (Å²) in [4.78, 5) is 48.0. The van der Waals surface area contributed by atoms with E-state index in [0.717, 1.165) is 11.0 Å². The maximum atomic E-state index is 13.1. The standard InChI is InChI=1S/C18H14FN3O5/c1-10-9-11(19)5-6-13(10)20-15(23)7-8-21-17(24)12-3-2-4-14(22(26)27)16(12)18(21)25/h2-6,9H,7-8H2,1H3,(H,20,23). The fraction of sp³-hybridized carbons (Fsp3) is 0.167. The molecule has 3 amide bonds. The molecule has 0 aliphatic carbocycles. The van der Waals surface area contributed by atoms with E-state index >= 15 is 0 Å². The number of nitrogens with one attached hydrogen (secondary N) is 1. The van der Waals surface area contributed by atoms with Gasteiger partial charge in [0.25, 0.3) is 17.5 Å². The number of imide groups is 1. The highest BCUT2D eigenvalue weighted by Crippen LogP contribution is 2.30. The van der Waals surface area contributed by atoms with Crippen molar-refractivity contribution in [3.63, 3.8) is 0 Å². The quantitative estimate of drug-likeness (QED) is 0.494. The normalized spacial score (nSPS) is 12.9. The second-order valence-electron chi connectivity index (χ2n) is 5.98. The molecule has 0 atom stereocenters. The van der Waals surface area contributed by atoms with E-state index in [9.17, 15) is 28.9 Å². The fourth-order valence-electron chi connectivity index (χ4n) is 2.86. The monoisotopic (exact) mass is 371 g/mol. The Morgan fingerprint density at radius 1 is 1.22 bits per heavy atom. The van der Waals surface area contributed by atoms with E-state index in [0.29, 0.717) is 11.3 Å². The number of carbonyl (C=O) groups is 3. The maximum Gasteiger partial charge on any atom is 0.282 e. The molecule has 0 aromatic heterocycles. The van der Waals surface area contributed by atoms with Crippen molar-refractivity contribution in [1.29, 1.82) is 0 Å². The number of hydrogen-bond donors (Lipinski definition) is 1. The number of rotatable bonds is 5. The predicted molar refractivity (Wildman–Crippen MR) is 92.8 cm³/mol. The highest BCUT2D eigenvalue weighted by molar-refractivity contribution is 6.23. The molecule has 0 fully saturated rings. The summed E-state index contributed by atoms with van der Waals surface area (Å²) in [5, 5.41) is 13.7. The molecular formula is C18H14FN3O5. The van der Waals surface area contributed by atoms with E-state index in [2.05, 4.69) is 5.32 Å².